The zero-order valence-corrected chi connectivity index (χ0v) is 15.8. The van der Waals surface area contributed by atoms with Gasteiger partial charge in [0.2, 0.25) is 0 Å². The SMILES string of the molecule is CCOC(=O)NC1CC(C)(C)CC(C)(CNC(=O)OCCC(F)(F)F)C1. The number of nitrogens with one attached hydrogen (secondary N) is 2. The molecule has 2 amide bonds. The van der Waals surface area contributed by atoms with Crippen molar-refractivity contribution in [2.75, 3.05) is 19.8 Å². The standard InChI is InChI=1S/C17H29F3N2O4/c1-5-25-14(24)22-12-8-15(2,3)10-16(4,9-12)11-21-13(23)26-7-6-17(18,19)20/h12H,5-11H2,1-4H3,(H,21,23)(H,22,24). The van der Waals surface area contributed by atoms with Crippen molar-refractivity contribution in [3.8, 4) is 0 Å². The average Bonchev–Trinajstić information content (AvgIpc) is 2.42. The van der Waals surface area contributed by atoms with Crippen LogP contribution >= 0.6 is 0 Å². The average molecular weight is 382 g/mol. The van der Waals surface area contributed by atoms with Crippen molar-refractivity contribution >= 4 is 12.2 Å². The van der Waals surface area contributed by atoms with Crippen LogP contribution in [0.4, 0.5) is 22.8 Å². The van der Waals surface area contributed by atoms with Gasteiger partial charge in [0.1, 0.15) is 6.61 Å². The van der Waals surface area contributed by atoms with Crippen LogP contribution in [-0.4, -0.2) is 44.2 Å². The molecule has 6 nitrogen and oxygen atoms in total. The summed E-state index contributed by atoms with van der Waals surface area (Å²) in [6, 6.07) is -0.106. The molecule has 0 saturated heterocycles. The summed E-state index contributed by atoms with van der Waals surface area (Å²) in [4.78, 5) is 23.3. The number of hydrogen-bond acceptors (Lipinski definition) is 4. The van der Waals surface area contributed by atoms with Gasteiger partial charge in [0.15, 0.2) is 0 Å². The second-order valence-corrected chi connectivity index (χ2v) is 7.98. The summed E-state index contributed by atoms with van der Waals surface area (Å²) in [7, 11) is 0. The largest absolute Gasteiger partial charge is 0.450 e. The van der Waals surface area contributed by atoms with Gasteiger partial charge in [0.25, 0.3) is 0 Å². The Morgan fingerprint density at radius 3 is 2.35 bits per heavy atom. The molecule has 2 N–H and O–H groups in total. The molecule has 2 atom stereocenters. The fraction of sp³-hybridized carbons (Fsp3) is 0.882. The van der Waals surface area contributed by atoms with E-state index < -0.39 is 31.4 Å². The molecule has 1 aliphatic rings. The van der Waals surface area contributed by atoms with Crippen molar-refractivity contribution < 1.29 is 32.2 Å². The molecular weight excluding hydrogens is 353 g/mol. The minimum atomic E-state index is -4.36. The van der Waals surface area contributed by atoms with E-state index in [4.69, 9.17) is 4.74 Å². The Labute approximate surface area is 152 Å². The number of alkyl carbamates (subject to hydrolysis) is 2. The molecule has 0 aliphatic heterocycles. The number of alkyl halides is 3. The molecule has 0 heterocycles. The summed E-state index contributed by atoms with van der Waals surface area (Å²) in [5, 5.41) is 5.38. The lowest BCUT2D eigenvalue weighted by atomic mass is 9.62. The van der Waals surface area contributed by atoms with E-state index in [9.17, 15) is 22.8 Å². The number of carbonyl (C=O) groups is 2. The molecule has 0 aromatic heterocycles. The highest BCUT2D eigenvalue weighted by molar-refractivity contribution is 5.68. The van der Waals surface area contributed by atoms with E-state index in [2.05, 4.69) is 29.2 Å². The number of amides is 2. The first-order chi connectivity index (χ1) is 11.8. The predicted octanol–water partition coefficient (Wildman–Crippen LogP) is 4.00. The Balaban J connectivity index is 2.54. The summed E-state index contributed by atoms with van der Waals surface area (Å²) in [6.45, 7) is 7.68. The molecule has 26 heavy (non-hydrogen) atoms. The van der Waals surface area contributed by atoms with Crippen LogP contribution in [0.5, 0.6) is 0 Å². The first kappa shape index (κ1) is 22.4. The van der Waals surface area contributed by atoms with Gasteiger partial charge in [-0.3, -0.25) is 0 Å². The molecule has 1 saturated carbocycles. The predicted molar refractivity (Wildman–Crippen MR) is 89.7 cm³/mol. The van der Waals surface area contributed by atoms with Gasteiger partial charge in [-0.2, -0.15) is 13.2 Å². The summed E-state index contributed by atoms with van der Waals surface area (Å²) in [6.07, 6.45) is -4.67. The van der Waals surface area contributed by atoms with Crippen molar-refractivity contribution in [3.05, 3.63) is 0 Å². The van der Waals surface area contributed by atoms with Crippen LogP contribution in [0, 0.1) is 10.8 Å². The normalized spacial score (nSPS) is 25.3. The zero-order chi connectivity index (χ0) is 20.0. The molecule has 0 bridgehead atoms. The second-order valence-electron chi connectivity index (χ2n) is 7.98. The van der Waals surface area contributed by atoms with Crippen molar-refractivity contribution in [2.45, 2.75) is 65.6 Å². The Morgan fingerprint density at radius 1 is 1.12 bits per heavy atom. The lowest BCUT2D eigenvalue weighted by Crippen LogP contribution is -2.50. The van der Waals surface area contributed by atoms with E-state index in [-0.39, 0.29) is 30.0 Å². The first-order valence-corrected chi connectivity index (χ1v) is 8.75. The number of rotatable bonds is 6. The van der Waals surface area contributed by atoms with Gasteiger partial charge in [-0.25, -0.2) is 9.59 Å². The van der Waals surface area contributed by atoms with Gasteiger partial charge >= 0.3 is 18.4 Å². The highest BCUT2D eigenvalue weighted by Crippen LogP contribution is 2.45. The third-order valence-corrected chi connectivity index (χ3v) is 4.32. The van der Waals surface area contributed by atoms with Crippen molar-refractivity contribution in [1.82, 2.24) is 10.6 Å². The minimum absolute atomic E-state index is 0.0704. The maximum absolute atomic E-state index is 12.1. The molecule has 0 aromatic carbocycles. The van der Waals surface area contributed by atoms with E-state index in [1.165, 1.54) is 0 Å². The highest BCUT2D eigenvalue weighted by atomic mass is 19.4. The monoisotopic (exact) mass is 382 g/mol. The van der Waals surface area contributed by atoms with Crippen molar-refractivity contribution in [1.29, 1.82) is 0 Å². The van der Waals surface area contributed by atoms with Gasteiger partial charge in [-0.15, -0.1) is 0 Å². The van der Waals surface area contributed by atoms with Crippen LogP contribution in [0.25, 0.3) is 0 Å². The van der Waals surface area contributed by atoms with Crippen LogP contribution in [-0.2, 0) is 9.47 Å². The second kappa shape index (κ2) is 8.81. The molecule has 9 heteroatoms. The van der Waals surface area contributed by atoms with Gasteiger partial charge in [-0.05, 0) is 37.0 Å². The Morgan fingerprint density at radius 2 is 1.77 bits per heavy atom. The number of halogens is 3. The van der Waals surface area contributed by atoms with E-state index in [0.29, 0.717) is 6.42 Å². The van der Waals surface area contributed by atoms with E-state index in [0.717, 1.165) is 12.8 Å². The fourth-order valence-electron chi connectivity index (χ4n) is 3.81. The number of ether oxygens (including phenoxy) is 2. The lowest BCUT2D eigenvalue weighted by molar-refractivity contribution is -0.141. The zero-order valence-electron chi connectivity index (χ0n) is 15.8. The maximum atomic E-state index is 12.1. The van der Waals surface area contributed by atoms with E-state index in [1.54, 1.807) is 6.92 Å². The molecule has 152 valence electrons. The summed E-state index contributed by atoms with van der Waals surface area (Å²) < 4.78 is 45.7. The maximum Gasteiger partial charge on any atom is 0.407 e. The van der Waals surface area contributed by atoms with E-state index >= 15 is 0 Å². The van der Waals surface area contributed by atoms with Crippen LogP contribution in [0.2, 0.25) is 0 Å². The first-order valence-electron chi connectivity index (χ1n) is 8.75. The van der Waals surface area contributed by atoms with Gasteiger partial charge in [-0.1, -0.05) is 20.8 Å². The molecule has 2 unspecified atom stereocenters. The topological polar surface area (TPSA) is 76.7 Å². The third-order valence-electron chi connectivity index (χ3n) is 4.32. The quantitative estimate of drug-likeness (QED) is 0.728. The Hall–Kier alpha value is -1.67. The number of carbonyl (C=O) groups excluding carboxylic acids is 2. The Kier molecular flexibility index (Phi) is 7.58. The molecule has 0 spiro atoms. The molecular formula is C17H29F3N2O4. The third kappa shape index (κ3) is 8.62. The van der Waals surface area contributed by atoms with Crippen LogP contribution in [0.1, 0.15) is 53.4 Å². The summed E-state index contributed by atoms with van der Waals surface area (Å²) in [5.41, 5.74) is -0.395. The lowest BCUT2D eigenvalue weighted by Gasteiger charge is -2.46. The van der Waals surface area contributed by atoms with Crippen molar-refractivity contribution in [2.24, 2.45) is 10.8 Å². The molecule has 1 fully saturated rings. The smallest absolute Gasteiger partial charge is 0.407 e. The molecule has 0 radical (unpaired) electrons. The summed E-state index contributed by atoms with van der Waals surface area (Å²) >= 11 is 0. The van der Waals surface area contributed by atoms with Crippen LogP contribution in [0.15, 0.2) is 0 Å². The van der Waals surface area contributed by atoms with E-state index in [1.807, 2.05) is 6.92 Å². The fourth-order valence-corrected chi connectivity index (χ4v) is 3.81. The number of hydrogen-bond donors (Lipinski definition) is 2. The Bertz CT molecular complexity index is 497. The van der Waals surface area contributed by atoms with Gasteiger partial charge < -0.3 is 20.1 Å². The highest BCUT2D eigenvalue weighted by Gasteiger charge is 2.42. The van der Waals surface area contributed by atoms with Crippen LogP contribution < -0.4 is 10.6 Å². The molecule has 0 aromatic rings. The molecule has 1 rings (SSSR count). The van der Waals surface area contributed by atoms with Gasteiger partial charge in [0.05, 0.1) is 13.0 Å². The van der Waals surface area contributed by atoms with Crippen LogP contribution in [0.3, 0.4) is 0 Å². The molecule has 1 aliphatic carbocycles. The van der Waals surface area contributed by atoms with Gasteiger partial charge in [0, 0.05) is 12.6 Å². The van der Waals surface area contributed by atoms with Crippen molar-refractivity contribution in [3.63, 3.8) is 0 Å². The minimum Gasteiger partial charge on any atom is -0.450 e. The summed E-state index contributed by atoms with van der Waals surface area (Å²) in [5.74, 6) is 0.